The molecule has 0 spiro atoms. The Morgan fingerprint density at radius 3 is 2.30 bits per heavy atom. The maximum absolute atomic E-state index is 12.5. The van der Waals surface area contributed by atoms with Crippen molar-refractivity contribution < 1.29 is 9.59 Å². The molecule has 0 aromatic heterocycles. The summed E-state index contributed by atoms with van der Waals surface area (Å²) in [5, 5.41) is 8.09. The van der Waals surface area contributed by atoms with Gasteiger partial charge in [-0.05, 0) is 54.4 Å². The Kier molecular flexibility index (Phi) is 3.97. The zero-order valence-electron chi connectivity index (χ0n) is 10.7. The molecule has 0 heterocycles. The summed E-state index contributed by atoms with van der Waals surface area (Å²) in [7, 11) is 0. The number of carbonyl (C=O) groups is 2. The molecule has 0 unspecified atom stereocenters. The van der Waals surface area contributed by atoms with Crippen LogP contribution in [0.15, 0.2) is 42.5 Å². The summed E-state index contributed by atoms with van der Waals surface area (Å²) < 4.78 is 0. The van der Waals surface area contributed by atoms with Gasteiger partial charge in [0, 0.05) is 16.7 Å². The molecule has 2 rings (SSSR count). The van der Waals surface area contributed by atoms with E-state index in [0.717, 1.165) is 0 Å². The molecule has 0 aliphatic carbocycles. The minimum atomic E-state index is -0.661. The first-order valence-electron chi connectivity index (χ1n) is 5.89. The number of hydrogen-bond acceptors (Lipinski definition) is 3. The van der Waals surface area contributed by atoms with Crippen LogP contribution in [-0.2, 0) is 0 Å². The SMILES string of the molecule is Cc1cccc(C(=O)Cl)c1C(=O)c1ccc(C#N)cc1. The minimum Gasteiger partial charge on any atom is -0.289 e. The largest absolute Gasteiger partial charge is 0.289 e. The van der Waals surface area contributed by atoms with Gasteiger partial charge in [0.25, 0.3) is 5.24 Å². The predicted octanol–water partition coefficient (Wildman–Crippen LogP) is 3.48. The second kappa shape index (κ2) is 5.68. The third-order valence-electron chi connectivity index (χ3n) is 2.99. The van der Waals surface area contributed by atoms with Crippen LogP contribution in [0.3, 0.4) is 0 Å². The lowest BCUT2D eigenvalue weighted by molar-refractivity contribution is 0.102. The van der Waals surface area contributed by atoms with Gasteiger partial charge in [-0.25, -0.2) is 0 Å². The van der Waals surface area contributed by atoms with E-state index in [1.54, 1.807) is 43.3 Å². The van der Waals surface area contributed by atoms with Crippen molar-refractivity contribution in [2.24, 2.45) is 0 Å². The summed E-state index contributed by atoms with van der Waals surface area (Å²) in [5.74, 6) is -0.281. The molecule has 0 saturated heterocycles. The Morgan fingerprint density at radius 2 is 1.75 bits per heavy atom. The monoisotopic (exact) mass is 283 g/mol. The molecule has 0 aliphatic rings. The fourth-order valence-corrected chi connectivity index (χ4v) is 2.13. The Morgan fingerprint density at radius 1 is 1.10 bits per heavy atom. The lowest BCUT2D eigenvalue weighted by Gasteiger charge is -2.09. The number of rotatable bonds is 3. The van der Waals surface area contributed by atoms with Crippen molar-refractivity contribution in [3.63, 3.8) is 0 Å². The van der Waals surface area contributed by atoms with Crippen molar-refractivity contribution in [1.29, 1.82) is 5.26 Å². The highest BCUT2D eigenvalue weighted by molar-refractivity contribution is 6.68. The molecule has 0 atom stereocenters. The fraction of sp³-hybridized carbons (Fsp3) is 0.0625. The van der Waals surface area contributed by atoms with Gasteiger partial charge in [0.15, 0.2) is 5.78 Å². The smallest absolute Gasteiger partial charge is 0.253 e. The zero-order chi connectivity index (χ0) is 14.7. The van der Waals surface area contributed by atoms with Crippen LogP contribution in [0, 0.1) is 18.3 Å². The number of benzene rings is 2. The van der Waals surface area contributed by atoms with Crippen molar-refractivity contribution in [3.05, 3.63) is 70.3 Å². The Balaban J connectivity index is 2.53. The van der Waals surface area contributed by atoms with E-state index in [0.29, 0.717) is 22.3 Å². The van der Waals surface area contributed by atoms with E-state index in [9.17, 15) is 9.59 Å². The van der Waals surface area contributed by atoms with Crippen LogP contribution in [0.5, 0.6) is 0 Å². The van der Waals surface area contributed by atoms with Gasteiger partial charge in [0.2, 0.25) is 0 Å². The first-order valence-corrected chi connectivity index (χ1v) is 6.26. The average molecular weight is 284 g/mol. The van der Waals surface area contributed by atoms with Gasteiger partial charge in [0.05, 0.1) is 11.6 Å². The molecule has 0 saturated carbocycles. The van der Waals surface area contributed by atoms with Crippen LogP contribution in [0.1, 0.15) is 37.4 Å². The quantitative estimate of drug-likeness (QED) is 0.640. The number of halogens is 1. The predicted molar refractivity (Wildman–Crippen MR) is 76.0 cm³/mol. The number of hydrogen-bond donors (Lipinski definition) is 0. The second-order valence-electron chi connectivity index (χ2n) is 4.29. The molecule has 2 aromatic carbocycles. The summed E-state index contributed by atoms with van der Waals surface area (Å²) in [6.07, 6.45) is 0. The maximum atomic E-state index is 12.5. The van der Waals surface area contributed by atoms with Crippen molar-refractivity contribution in [3.8, 4) is 6.07 Å². The van der Waals surface area contributed by atoms with Crippen LogP contribution in [-0.4, -0.2) is 11.0 Å². The van der Waals surface area contributed by atoms with Gasteiger partial charge in [-0.2, -0.15) is 5.26 Å². The zero-order valence-corrected chi connectivity index (χ0v) is 11.4. The Bertz CT molecular complexity index is 727. The lowest BCUT2D eigenvalue weighted by atomic mass is 9.94. The average Bonchev–Trinajstić information content (AvgIpc) is 2.46. The third kappa shape index (κ3) is 2.61. The molecule has 2 aromatic rings. The summed E-state index contributed by atoms with van der Waals surface area (Å²) in [6, 6.07) is 13.2. The van der Waals surface area contributed by atoms with Crippen molar-refractivity contribution in [2.45, 2.75) is 6.92 Å². The van der Waals surface area contributed by atoms with E-state index in [1.807, 2.05) is 6.07 Å². The molecule has 0 N–H and O–H groups in total. The van der Waals surface area contributed by atoms with Crippen LogP contribution in [0.4, 0.5) is 0 Å². The second-order valence-corrected chi connectivity index (χ2v) is 4.63. The summed E-state index contributed by atoms with van der Waals surface area (Å²) in [6.45, 7) is 1.75. The molecule has 0 amide bonds. The normalized spacial score (nSPS) is 9.85. The number of aryl methyl sites for hydroxylation is 1. The number of ketones is 1. The van der Waals surface area contributed by atoms with Gasteiger partial charge in [-0.15, -0.1) is 0 Å². The number of carbonyl (C=O) groups excluding carboxylic acids is 2. The van der Waals surface area contributed by atoms with E-state index in [1.165, 1.54) is 6.07 Å². The highest BCUT2D eigenvalue weighted by Crippen LogP contribution is 2.20. The maximum Gasteiger partial charge on any atom is 0.253 e. The molecular weight excluding hydrogens is 274 g/mol. The van der Waals surface area contributed by atoms with Crippen molar-refractivity contribution in [2.75, 3.05) is 0 Å². The third-order valence-corrected chi connectivity index (χ3v) is 3.19. The van der Waals surface area contributed by atoms with Crippen LogP contribution in [0.25, 0.3) is 0 Å². The van der Waals surface area contributed by atoms with E-state index in [4.69, 9.17) is 16.9 Å². The van der Waals surface area contributed by atoms with E-state index >= 15 is 0 Å². The van der Waals surface area contributed by atoms with Crippen LogP contribution >= 0.6 is 11.6 Å². The Hall–Kier alpha value is -2.44. The molecule has 4 heteroatoms. The van der Waals surface area contributed by atoms with Gasteiger partial charge < -0.3 is 0 Å². The van der Waals surface area contributed by atoms with Crippen LogP contribution < -0.4 is 0 Å². The first-order chi connectivity index (χ1) is 9.54. The van der Waals surface area contributed by atoms with Gasteiger partial charge >= 0.3 is 0 Å². The van der Waals surface area contributed by atoms with Crippen molar-refractivity contribution in [1.82, 2.24) is 0 Å². The molecule has 3 nitrogen and oxygen atoms in total. The van der Waals surface area contributed by atoms with Gasteiger partial charge in [-0.3, -0.25) is 9.59 Å². The van der Waals surface area contributed by atoms with E-state index in [-0.39, 0.29) is 11.3 Å². The summed E-state index contributed by atoms with van der Waals surface area (Å²) >= 11 is 5.53. The molecular formula is C16H10ClNO2. The fourth-order valence-electron chi connectivity index (χ4n) is 1.97. The highest BCUT2D eigenvalue weighted by atomic mass is 35.5. The standard InChI is InChI=1S/C16H10ClNO2/c1-10-3-2-4-13(16(17)20)14(10)15(19)12-7-5-11(9-18)6-8-12/h2-8H,1H3. The van der Waals surface area contributed by atoms with Crippen LogP contribution in [0.2, 0.25) is 0 Å². The van der Waals surface area contributed by atoms with Gasteiger partial charge in [0.1, 0.15) is 0 Å². The van der Waals surface area contributed by atoms with E-state index < -0.39 is 5.24 Å². The Labute approximate surface area is 121 Å². The first kappa shape index (κ1) is 14.0. The molecule has 0 radical (unpaired) electrons. The molecule has 20 heavy (non-hydrogen) atoms. The molecule has 98 valence electrons. The minimum absolute atomic E-state index is 0.195. The summed E-state index contributed by atoms with van der Waals surface area (Å²) in [4.78, 5) is 23.9. The molecule has 0 aliphatic heterocycles. The lowest BCUT2D eigenvalue weighted by Crippen LogP contribution is -2.09. The summed E-state index contributed by atoms with van der Waals surface area (Å²) in [5.41, 5.74) is 2.07. The molecule has 0 fully saturated rings. The topological polar surface area (TPSA) is 57.9 Å². The highest BCUT2D eigenvalue weighted by Gasteiger charge is 2.19. The van der Waals surface area contributed by atoms with Crippen molar-refractivity contribution >= 4 is 22.6 Å². The molecule has 0 bridgehead atoms. The number of nitriles is 1. The number of nitrogens with zero attached hydrogens (tertiary/aromatic N) is 1. The van der Waals surface area contributed by atoms with Gasteiger partial charge in [-0.1, -0.05) is 12.1 Å². The van der Waals surface area contributed by atoms with E-state index in [2.05, 4.69) is 0 Å².